The van der Waals surface area contributed by atoms with Gasteiger partial charge in [-0.1, -0.05) is 38.1 Å². The van der Waals surface area contributed by atoms with Gasteiger partial charge in [-0.25, -0.2) is 5.43 Å². The standard InChI is InChI=1S/C32H37N3O7/c1-5-38-29-15-23(10-12-27(29)39-18-24-11-13-28-30(16-24)42-20-41-28)17-33-35-32(37)25(14-21(2)3)34-31(36)19-40-26-9-7-6-8-22(26)4/h6-13,15-17,21,25H,5,14,18-20H2,1-4H3,(H,34,36)(H,35,37)/b33-17-/t25-/m0/s1. The molecule has 0 saturated carbocycles. The monoisotopic (exact) mass is 575 g/mol. The van der Waals surface area contributed by atoms with E-state index in [1.54, 1.807) is 18.2 Å². The molecular weight excluding hydrogens is 538 g/mol. The summed E-state index contributed by atoms with van der Waals surface area (Å²) in [4.78, 5) is 25.5. The van der Waals surface area contributed by atoms with Gasteiger partial charge in [-0.15, -0.1) is 0 Å². The molecule has 0 bridgehead atoms. The van der Waals surface area contributed by atoms with Gasteiger partial charge in [-0.2, -0.15) is 5.10 Å². The van der Waals surface area contributed by atoms with Crippen molar-refractivity contribution < 1.29 is 33.3 Å². The first-order valence-corrected chi connectivity index (χ1v) is 13.9. The summed E-state index contributed by atoms with van der Waals surface area (Å²) < 4.78 is 28.2. The smallest absolute Gasteiger partial charge is 0.262 e. The molecule has 0 unspecified atom stereocenters. The Balaban J connectivity index is 1.33. The Hall–Kier alpha value is -4.73. The largest absolute Gasteiger partial charge is 0.490 e. The molecular formula is C32H37N3O7. The third-order valence-electron chi connectivity index (χ3n) is 6.30. The molecule has 4 rings (SSSR count). The maximum Gasteiger partial charge on any atom is 0.262 e. The maximum atomic E-state index is 12.9. The number of carbonyl (C=O) groups excluding carboxylic acids is 2. The lowest BCUT2D eigenvalue weighted by Gasteiger charge is -2.19. The number of hydrogen-bond donors (Lipinski definition) is 2. The first kappa shape index (κ1) is 30.2. The van der Waals surface area contributed by atoms with E-state index in [9.17, 15) is 9.59 Å². The van der Waals surface area contributed by atoms with E-state index in [1.807, 2.05) is 70.2 Å². The predicted molar refractivity (Wildman–Crippen MR) is 158 cm³/mol. The molecule has 0 spiro atoms. The van der Waals surface area contributed by atoms with Crippen molar-refractivity contribution in [2.24, 2.45) is 11.0 Å². The van der Waals surface area contributed by atoms with Gasteiger partial charge in [0.15, 0.2) is 29.6 Å². The third-order valence-corrected chi connectivity index (χ3v) is 6.30. The summed E-state index contributed by atoms with van der Waals surface area (Å²) >= 11 is 0. The van der Waals surface area contributed by atoms with E-state index in [0.717, 1.165) is 16.9 Å². The molecule has 2 N–H and O–H groups in total. The van der Waals surface area contributed by atoms with E-state index in [4.69, 9.17) is 23.7 Å². The summed E-state index contributed by atoms with van der Waals surface area (Å²) in [5, 5.41) is 6.87. The molecule has 42 heavy (non-hydrogen) atoms. The fraction of sp³-hybridized carbons (Fsp3) is 0.344. The van der Waals surface area contributed by atoms with Crippen molar-refractivity contribution in [3.63, 3.8) is 0 Å². The van der Waals surface area contributed by atoms with Gasteiger partial charge in [-0.3, -0.25) is 9.59 Å². The van der Waals surface area contributed by atoms with Crippen molar-refractivity contribution in [3.05, 3.63) is 77.4 Å². The molecule has 0 fully saturated rings. The van der Waals surface area contributed by atoms with Crippen molar-refractivity contribution in [2.45, 2.75) is 46.8 Å². The highest BCUT2D eigenvalue weighted by atomic mass is 16.7. The number of benzene rings is 3. The highest BCUT2D eigenvalue weighted by Gasteiger charge is 2.22. The highest BCUT2D eigenvalue weighted by Crippen LogP contribution is 2.34. The molecule has 10 nitrogen and oxygen atoms in total. The zero-order chi connectivity index (χ0) is 29.9. The summed E-state index contributed by atoms with van der Waals surface area (Å²) in [6, 6.07) is 17.7. The van der Waals surface area contributed by atoms with E-state index in [1.165, 1.54) is 6.21 Å². The number of nitrogens with one attached hydrogen (secondary N) is 2. The van der Waals surface area contributed by atoms with E-state index in [0.29, 0.717) is 48.2 Å². The predicted octanol–water partition coefficient (Wildman–Crippen LogP) is 4.76. The van der Waals surface area contributed by atoms with E-state index >= 15 is 0 Å². The Bertz CT molecular complexity index is 1410. The Labute approximate surface area is 246 Å². The second kappa shape index (κ2) is 14.8. The molecule has 1 heterocycles. The number of nitrogens with zero attached hydrogens (tertiary/aromatic N) is 1. The maximum absolute atomic E-state index is 12.9. The van der Waals surface area contributed by atoms with Crippen LogP contribution in [0.4, 0.5) is 0 Å². The summed E-state index contributed by atoms with van der Waals surface area (Å²) in [5.41, 5.74) is 5.09. The van der Waals surface area contributed by atoms with Crippen LogP contribution in [0.3, 0.4) is 0 Å². The molecule has 222 valence electrons. The van der Waals surface area contributed by atoms with Gasteiger partial charge in [0.05, 0.1) is 12.8 Å². The number of ether oxygens (including phenoxy) is 5. The van der Waals surface area contributed by atoms with Gasteiger partial charge >= 0.3 is 0 Å². The fourth-order valence-electron chi connectivity index (χ4n) is 4.23. The minimum Gasteiger partial charge on any atom is -0.490 e. The van der Waals surface area contributed by atoms with Crippen LogP contribution in [-0.2, 0) is 16.2 Å². The average molecular weight is 576 g/mol. The number of para-hydroxylation sites is 1. The topological polar surface area (TPSA) is 117 Å². The van der Waals surface area contributed by atoms with Crippen LogP contribution in [0.2, 0.25) is 0 Å². The Morgan fingerprint density at radius 2 is 1.76 bits per heavy atom. The lowest BCUT2D eigenvalue weighted by atomic mass is 10.0. The fourth-order valence-corrected chi connectivity index (χ4v) is 4.23. The number of aryl methyl sites for hydroxylation is 1. The summed E-state index contributed by atoms with van der Waals surface area (Å²) in [6.07, 6.45) is 1.96. The van der Waals surface area contributed by atoms with Gasteiger partial charge in [0, 0.05) is 0 Å². The van der Waals surface area contributed by atoms with Crippen molar-refractivity contribution >= 4 is 18.0 Å². The molecule has 10 heteroatoms. The Morgan fingerprint density at radius 3 is 2.55 bits per heavy atom. The van der Waals surface area contributed by atoms with Crippen LogP contribution in [0.5, 0.6) is 28.7 Å². The molecule has 3 aromatic carbocycles. The number of fused-ring (bicyclic) bond motifs is 1. The number of carbonyl (C=O) groups is 2. The van der Waals surface area contributed by atoms with Gasteiger partial charge in [0.1, 0.15) is 18.4 Å². The number of rotatable bonds is 14. The van der Waals surface area contributed by atoms with Gasteiger partial charge in [0.25, 0.3) is 11.8 Å². The quantitative estimate of drug-likeness (QED) is 0.210. The van der Waals surface area contributed by atoms with Crippen molar-refractivity contribution in [1.82, 2.24) is 10.7 Å². The first-order valence-electron chi connectivity index (χ1n) is 13.9. The van der Waals surface area contributed by atoms with Crippen molar-refractivity contribution in [1.29, 1.82) is 0 Å². The normalized spacial score (nSPS) is 12.7. The molecule has 0 saturated heterocycles. The van der Waals surface area contributed by atoms with Gasteiger partial charge in [-0.05, 0) is 79.3 Å². The number of hydrazone groups is 1. The van der Waals surface area contributed by atoms with Crippen molar-refractivity contribution in [2.75, 3.05) is 20.0 Å². The molecule has 1 aliphatic rings. The van der Waals surface area contributed by atoms with E-state index < -0.39 is 11.9 Å². The van der Waals surface area contributed by atoms with Crippen LogP contribution in [0.1, 0.15) is 43.9 Å². The van der Waals surface area contributed by atoms with Crippen molar-refractivity contribution in [3.8, 4) is 28.7 Å². The lowest BCUT2D eigenvalue weighted by molar-refractivity contribution is -0.130. The van der Waals surface area contributed by atoms with Crippen LogP contribution in [0.15, 0.2) is 65.8 Å². The molecule has 3 aromatic rings. The third kappa shape index (κ3) is 8.63. The zero-order valence-electron chi connectivity index (χ0n) is 24.3. The lowest BCUT2D eigenvalue weighted by Crippen LogP contribution is -2.47. The average Bonchev–Trinajstić information content (AvgIpc) is 3.44. The van der Waals surface area contributed by atoms with Crippen LogP contribution in [0.25, 0.3) is 0 Å². The van der Waals surface area contributed by atoms with Gasteiger partial charge in [0.2, 0.25) is 6.79 Å². The summed E-state index contributed by atoms with van der Waals surface area (Å²) in [5.74, 6) is 2.52. The van der Waals surface area contributed by atoms with E-state index in [-0.39, 0.29) is 25.2 Å². The summed E-state index contributed by atoms with van der Waals surface area (Å²) in [6.45, 7) is 8.53. The highest BCUT2D eigenvalue weighted by molar-refractivity contribution is 5.89. The second-order valence-corrected chi connectivity index (χ2v) is 10.2. The molecule has 1 aliphatic heterocycles. The Kier molecular flexibility index (Phi) is 10.6. The number of hydrogen-bond acceptors (Lipinski definition) is 8. The van der Waals surface area contributed by atoms with Crippen LogP contribution in [-0.4, -0.2) is 44.1 Å². The minimum atomic E-state index is -0.763. The molecule has 2 amide bonds. The van der Waals surface area contributed by atoms with Crippen LogP contribution in [0, 0.1) is 12.8 Å². The van der Waals surface area contributed by atoms with Crippen LogP contribution >= 0.6 is 0 Å². The number of amides is 2. The molecule has 1 atom stereocenters. The van der Waals surface area contributed by atoms with Crippen LogP contribution < -0.4 is 34.4 Å². The minimum absolute atomic E-state index is 0.168. The zero-order valence-corrected chi connectivity index (χ0v) is 24.3. The molecule has 0 aliphatic carbocycles. The van der Waals surface area contributed by atoms with E-state index in [2.05, 4.69) is 15.8 Å². The molecule has 0 radical (unpaired) electrons. The molecule has 0 aromatic heterocycles. The summed E-state index contributed by atoms with van der Waals surface area (Å²) in [7, 11) is 0. The first-order chi connectivity index (χ1) is 20.3. The van der Waals surface area contributed by atoms with Gasteiger partial charge < -0.3 is 29.0 Å². The second-order valence-electron chi connectivity index (χ2n) is 10.2. The Morgan fingerprint density at radius 1 is 0.952 bits per heavy atom. The SMILES string of the molecule is CCOc1cc(/C=N\NC(=O)[C@H](CC(C)C)NC(=O)COc2ccccc2C)ccc1OCc1ccc2c(c1)OCO2.